The minimum atomic E-state index is -0.148. The van der Waals surface area contributed by atoms with Gasteiger partial charge in [0.25, 0.3) is 0 Å². The fourth-order valence-corrected chi connectivity index (χ4v) is 7.44. The van der Waals surface area contributed by atoms with Crippen LogP contribution in [0.25, 0.3) is 72.8 Å². The van der Waals surface area contributed by atoms with Gasteiger partial charge in [-0.25, -0.2) is 15.0 Å². The second-order valence-corrected chi connectivity index (χ2v) is 13.1. The van der Waals surface area contributed by atoms with E-state index in [4.69, 9.17) is 15.0 Å². The third kappa shape index (κ3) is 4.44. The number of hydrogen-bond donors (Lipinski definition) is 0. The van der Waals surface area contributed by atoms with E-state index < -0.39 is 0 Å². The van der Waals surface area contributed by atoms with Gasteiger partial charge in [-0.3, -0.25) is 0 Å². The quantitative estimate of drug-likeness (QED) is 0.191. The molecular formula is C44H28N6. The molecule has 6 nitrogen and oxygen atoms in total. The van der Waals surface area contributed by atoms with Gasteiger partial charge in [-0.1, -0.05) is 86.6 Å². The molecule has 2 heterocycles. The Balaban J connectivity index is 1.24. The smallest absolute Gasteiger partial charge is 0.165 e. The molecule has 2 aromatic heterocycles. The monoisotopic (exact) mass is 640 g/mol. The van der Waals surface area contributed by atoms with Crippen molar-refractivity contribution in [3.63, 3.8) is 0 Å². The zero-order chi connectivity index (χ0) is 34.0. The van der Waals surface area contributed by atoms with Gasteiger partial charge in [0.15, 0.2) is 17.5 Å². The van der Waals surface area contributed by atoms with Crippen LogP contribution in [0.3, 0.4) is 0 Å². The summed E-state index contributed by atoms with van der Waals surface area (Å²) in [5, 5.41) is 22.3. The van der Waals surface area contributed by atoms with Crippen LogP contribution >= 0.6 is 0 Å². The summed E-state index contributed by atoms with van der Waals surface area (Å²) in [6.07, 6.45) is 0. The second-order valence-electron chi connectivity index (χ2n) is 13.1. The van der Waals surface area contributed by atoms with E-state index in [1.807, 2.05) is 60.7 Å². The number of para-hydroxylation sites is 1. The molecule has 0 aliphatic heterocycles. The van der Waals surface area contributed by atoms with Gasteiger partial charge in [0.2, 0.25) is 0 Å². The van der Waals surface area contributed by atoms with Gasteiger partial charge in [-0.15, -0.1) is 0 Å². The lowest BCUT2D eigenvalue weighted by molar-refractivity contribution is 0.661. The summed E-state index contributed by atoms with van der Waals surface area (Å²) >= 11 is 0. The van der Waals surface area contributed by atoms with Crippen LogP contribution in [-0.2, 0) is 5.41 Å². The maximum absolute atomic E-state index is 10.6. The van der Waals surface area contributed by atoms with Crippen LogP contribution in [0.2, 0.25) is 0 Å². The highest BCUT2D eigenvalue weighted by Gasteiger charge is 2.36. The number of nitrogens with zero attached hydrogens (tertiary/aromatic N) is 6. The first-order chi connectivity index (χ1) is 24.4. The first-order valence-electron chi connectivity index (χ1n) is 16.5. The van der Waals surface area contributed by atoms with Crippen LogP contribution < -0.4 is 0 Å². The van der Waals surface area contributed by atoms with E-state index in [9.17, 15) is 10.5 Å². The summed E-state index contributed by atoms with van der Waals surface area (Å²) in [7, 11) is 0. The summed E-state index contributed by atoms with van der Waals surface area (Å²) < 4.78 is 2.26. The van der Waals surface area contributed by atoms with Gasteiger partial charge in [0.05, 0.1) is 34.3 Å². The minimum absolute atomic E-state index is 0.148. The largest absolute Gasteiger partial charge is 0.309 e. The van der Waals surface area contributed by atoms with Crippen LogP contribution in [0.5, 0.6) is 0 Å². The first-order valence-corrected chi connectivity index (χ1v) is 16.5. The molecule has 6 heteroatoms. The third-order valence-electron chi connectivity index (χ3n) is 9.94. The molecular weight excluding hydrogens is 613 g/mol. The Morgan fingerprint density at radius 3 is 1.96 bits per heavy atom. The number of aromatic nitrogens is 4. The molecule has 0 amide bonds. The van der Waals surface area contributed by atoms with E-state index in [0.717, 1.165) is 33.2 Å². The number of hydrogen-bond acceptors (Lipinski definition) is 5. The first kappa shape index (κ1) is 29.3. The molecule has 0 saturated heterocycles. The molecule has 0 saturated carbocycles. The van der Waals surface area contributed by atoms with E-state index in [0.29, 0.717) is 34.2 Å². The van der Waals surface area contributed by atoms with Crippen LogP contribution in [0.4, 0.5) is 0 Å². The van der Waals surface area contributed by atoms with Crippen molar-refractivity contribution < 1.29 is 0 Å². The molecule has 0 N–H and O–H groups in total. The molecule has 0 atom stereocenters. The predicted octanol–water partition coefficient (Wildman–Crippen LogP) is 10.0. The highest BCUT2D eigenvalue weighted by molar-refractivity contribution is 6.11. The Bertz CT molecular complexity index is 2740. The van der Waals surface area contributed by atoms with Crippen molar-refractivity contribution in [1.82, 2.24) is 19.5 Å². The highest BCUT2D eigenvalue weighted by atomic mass is 15.0. The van der Waals surface area contributed by atoms with Crippen LogP contribution in [0.15, 0.2) is 133 Å². The molecule has 234 valence electrons. The maximum atomic E-state index is 10.6. The summed E-state index contributed by atoms with van der Waals surface area (Å²) in [6.45, 7) is 4.59. The lowest BCUT2D eigenvalue weighted by Crippen LogP contribution is -2.15. The fraction of sp³-hybridized carbons (Fsp3) is 0.0682. The predicted molar refractivity (Wildman–Crippen MR) is 197 cm³/mol. The standard InChI is InChI=1S/C44H28N6/c1-44(2)37-14-8-6-12-33(37)35-23-36-34-13-7-9-15-39(34)50(40(36)24-38(35)44)31-20-21-32(30(22-31)26-46)43-48-41(28-10-4-3-5-11-28)47-42(49-43)29-18-16-27(25-45)17-19-29/h3-24H,1-2H3. The molecule has 9 rings (SSSR count). The topological polar surface area (TPSA) is 91.2 Å². The molecule has 50 heavy (non-hydrogen) atoms. The molecule has 0 fully saturated rings. The highest BCUT2D eigenvalue weighted by Crippen LogP contribution is 2.51. The molecule has 6 aromatic carbocycles. The second kappa shape index (κ2) is 11.1. The van der Waals surface area contributed by atoms with Gasteiger partial charge in [-0.05, 0) is 82.9 Å². The van der Waals surface area contributed by atoms with E-state index in [-0.39, 0.29) is 5.41 Å². The summed E-state index contributed by atoms with van der Waals surface area (Å²) in [5.74, 6) is 1.37. The minimum Gasteiger partial charge on any atom is -0.309 e. The lowest BCUT2D eigenvalue weighted by atomic mass is 9.82. The van der Waals surface area contributed by atoms with Crippen LogP contribution in [0, 0.1) is 22.7 Å². The van der Waals surface area contributed by atoms with Crippen molar-refractivity contribution >= 4 is 21.8 Å². The zero-order valence-electron chi connectivity index (χ0n) is 27.4. The summed E-state index contributed by atoms with van der Waals surface area (Å²) in [6, 6.07) is 49.3. The van der Waals surface area contributed by atoms with Crippen LogP contribution in [-0.4, -0.2) is 19.5 Å². The van der Waals surface area contributed by atoms with Gasteiger partial charge < -0.3 is 4.57 Å². The number of rotatable bonds is 4. The third-order valence-corrected chi connectivity index (χ3v) is 9.94. The SMILES string of the molecule is CC1(C)c2ccccc2-c2cc3c4ccccc4n(-c4ccc(-c5nc(-c6ccccc6)nc(-c6ccc(C#N)cc6)n5)c(C#N)c4)c3cc21. The molecule has 0 spiro atoms. The zero-order valence-corrected chi connectivity index (χ0v) is 27.4. The normalized spacial score (nSPS) is 12.7. The van der Waals surface area contributed by atoms with Crippen molar-refractivity contribution in [1.29, 1.82) is 10.5 Å². The maximum Gasteiger partial charge on any atom is 0.165 e. The van der Waals surface area contributed by atoms with Gasteiger partial charge in [0, 0.05) is 38.6 Å². The molecule has 0 bridgehead atoms. The number of nitriles is 2. The van der Waals surface area contributed by atoms with Gasteiger partial charge in [-0.2, -0.15) is 10.5 Å². The Labute approximate surface area is 289 Å². The Morgan fingerprint density at radius 1 is 0.520 bits per heavy atom. The van der Waals surface area contributed by atoms with E-state index in [1.165, 1.54) is 27.6 Å². The van der Waals surface area contributed by atoms with E-state index in [1.54, 1.807) is 12.1 Å². The molecule has 1 aliphatic rings. The Kier molecular flexibility index (Phi) is 6.49. The van der Waals surface area contributed by atoms with Crippen molar-refractivity contribution in [3.05, 3.63) is 156 Å². The Morgan fingerprint density at radius 2 is 1.20 bits per heavy atom. The molecule has 1 aliphatic carbocycles. The van der Waals surface area contributed by atoms with Crippen molar-refractivity contribution in [2.24, 2.45) is 0 Å². The van der Waals surface area contributed by atoms with Crippen molar-refractivity contribution in [2.75, 3.05) is 0 Å². The molecule has 8 aromatic rings. The van der Waals surface area contributed by atoms with Crippen molar-refractivity contribution in [3.8, 4) is 63.1 Å². The average molecular weight is 641 g/mol. The summed E-state index contributed by atoms with van der Waals surface area (Å²) in [5.41, 5.74) is 11.3. The van der Waals surface area contributed by atoms with E-state index in [2.05, 4.69) is 91.2 Å². The van der Waals surface area contributed by atoms with E-state index >= 15 is 0 Å². The average Bonchev–Trinajstić information content (AvgIpc) is 3.61. The van der Waals surface area contributed by atoms with Gasteiger partial charge in [0.1, 0.15) is 0 Å². The van der Waals surface area contributed by atoms with Gasteiger partial charge >= 0.3 is 0 Å². The fourth-order valence-electron chi connectivity index (χ4n) is 7.44. The molecule has 0 radical (unpaired) electrons. The number of fused-ring (bicyclic) bond motifs is 6. The van der Waals surface area contributed by atoms with Crippen LogP contribution in [0.1, 0.15) is 36.1 Å². The summed E-state index contributed by atoms with van der Waals surface area (Å²) in [4.78, 5) is 14.5. The van der Waals surface area contributed by atoms with Crippen molar-refractivity contribution in [2.45, 2.75) is 19.3 Å². The number of benzene rings is 6. The molecule has 0 unspecified atom stereocenters. The Hall–Kier alpha value is -6.89. The lowest BCUT2D eigenvalue weighted by Gasteiger charge is -2.21.